The van der Waals surface area contributed by atoms with E-state index >= 15 is 0 Å². The molecule has 8 nitrogen and oxygen atoms in total. The van der Waals surface area contributed by atoms with Crippen molar-refractivity contribution in [1.29, 1.82) is 0 Å². The fraction of sp³-hybridized carbons (Fsp3) is 0.391. The number of aromatic nitrogens is 4. The summed E-state index contributed by atoms with van der Waals surface area (Å²) in [5.74, 6) is 7.14. The molecule has 0 saturated carbocycles. The molecule has 2 N–H and O–H groups in total. The van der Waals surface area contributed by atoms with E-state index in [1.165, 1.54) is 0 Å². The van der Waals surface area contributed by atoms with Crippen LogP contribution in [0.25, 0.3) is 10.8 Å². The van der Waals surface area contributed by atoms with Crippen LogP contribution in [-0.2, 0) is 6.54 Å². The van der Waals surface area contributed by atoms with Crippen molar-refractivity contribution in [2.45, 2.75) is 39.3 Å². The van der Waals surface area contributed by atoms with E-state index in [1.54, 1.807) is 23.4 Å². The third kappa shape index (κ3) is 4.09. The molecule has 0 spiro atoms. The zero-order valence-electron chi connectivity index (χ0n) is 18.2. The molecule has 2 aromatic heterocycles. The molecule has 1 amide bonds. The Balaban J connectivity index is 1.73. The Hall–Kier alpha value is -3.44. The minimum atomic E-state index is -0.277. The molecule has 1 unspecified atom stereocenters. The van der Waals surface area contributed by atoms with Crippen LogP contribution in [0.1, 0.15) is 36.1 Å². The van der Waals surface area contributed by atoms with Crippen molar-refractivity contribution in [3.63, 3.8) is 0 Å². The lowest BCUT2D eigenvalue weighted by molar-refractivity contribution is 0.0979. The van der Waals surface area contributed by atoms with Crippen LogP contribution in [0.4, 0.5) is 11.8 Å². The second kappa shape index (κ2) is 8.74. The number of rotatable bonds is 4. The number of hydrogen-bond acceptors (Lipinski definition) is 6. The number of carbonyl (C=O) groups excluding carboxylic acids is 1. The first kappa shape index (κ1) is 20.8. The fourth-order valence-electron chi connectivity index (χ4n) is 4.00. The number of hydrogen-bond donors (Lipinski definition) is 1. The summed E-state index contributed by atoms with van der Waals surface area (Å²) >= 11 is 0. The van der Waals surface area contributed by atoms with Gasteiger partial charge >= 0.3 is 0 Å². The zero-order chi connectivity index (χ0) is 22.0. The number of anilines is 2. The molecule has 0 radical (unpaired) electrons. The smallest absolute Gasteiger partial charge is 0.297 e. The van der Waals surface area contributed by atoms with E-state index in [4.69, 9.17) is 5.73 Å². The van der Waals surface area contributed by atoms with Gasteiger partial charge in [-0.2, -0.15) is 0 Å². The largest absolute Gasteiger partial charge is 0.339 e. The summed E-state index contributed by atoms with van der Waals surface area (Å²) in [4.78, 5) is 21.8. The molecule has 1 aromatic carbocycles. The second-order valence-electron chi connectivity index (χ2n) is 7.86. The van der Waals surface area contributed by atoms with Crippen LogP contribution < -0.4 is 15.5 Å². The summed E-state index contributed by atoms with van der Waals surface area (Å²) in [7, 11) is 1.72. The Morgan fingerprint density at radius 3 is 2.90 bits per heavy atom. The minimum Gasteiger partial charge on any atom is -0.339 e. The number of amides is 1. The van der Waals surface area contributed by atoms with Crippen LogP contribution >= 0.6 is 0 Å². The molecule has 31 heavy (non-hydrogen) atoms. The van der Waals surface area contributed by atoms with Gasteiger partial charge in [-0.25, -0.2) is 4.98 Å². The normalized spacial score (nSPS) is 16.1. The van der Waals surface area contributed by atoms with Crippen LogP contribution in [0.3, 0.4) is 0 Å². The van der Waals surface area contributed by atoms with Gasteiger partial charge in [0.05, 0.1) is 6.54 Å². The van der Waals surface area contributed by atoms with Gasteiger partial charge in [0.2, 0.25) is 11.8 Å². The number of benzene rings is 1. The SMILES string of the molecule is CC#CCn1c(C(=O)N(C)c2nc(C)cc3ccccc23)nnc1N1CCCC(N)C1. The van der Waals surface area contributed by atoms with Crippen molar-refractivity contribution >= 4 is 28.4 Å². The average Bonchev–Trinajstić information content (AvgIpc) is 3.19. The third-order valence-electron chi connectivity index (χ3n) is 5.55. The lowest BCUT2D eigenvalue weighted by Crippen LogP contribution is -2.44. The molecule has 1 aliphatic rings. The number of aryl methyl sites for hydroxylation is 1. The molecule has 0 bridgehead atoms. The van der Waals surface area contributed by atoms with Crippen molar-refractivity contribution in [2.24, 2.45) is 5.73 Å². The van der Waals surface area contributed by atoms with Gasteiger partial charge in [0.25, 0.3) is 5.91 Å². The Kier molecular flexibility index (Phi) is 5.87. The van der Waals surface area contributed by atoms with Crippen LogP contribution in [-0.4, -0.2) is 51.8 Å². The van der Waals surface area contributed by atoms with E-state index < -0.39 is 0 Å². The van der Waals surface area contributed by atoms with E-state index in [2.05, 4.69) is 31.9 Å². The molecule has 0 aliphatic carbocycles. The van der Waals surface area contributed by atoms with Crippen LogP contribution in [0.15, 0.2) is 30.3 Å². The second-order valence-corrected chi connectivity index (χ2v) is 7.86. The number of nitrogens with zero attached hydrogens (tertiary/aromatic N) is 6. The topological polar surface area (TPSA) is 93.2 Å². The summed E-state index contributed by atoms with van der Waals surface area (Å²) in [5.41, 5.74) is 7.00. The van der Waals surface area contributed by atoms with Gasteiger partial charge in [0.15, 0.2) is 0 Å². The lowest BCUT2D eigenvalue weighted by Gasteiger charge is -2.31. The summed E-state index contributed by atoms with van der Waals surface area (Å²) in [6, 6.07) is 9.99. The predicted octanol–water partition coefficient (Wildman–Crippen LogP) is 2.36. The Labute approximate surface area is 182 Å². The Morgan fingerprint density at radius 1 is 1.32 bits per heavy atom. The predicted molar refractivity (Wildman–Crippen MR) is 122 cm³/mol. The van der Waals surface area contributed by atoms with E-state index in [9.17, 15) is 4.79 Å². The van der Waals surface area contributed by atoms with Gasteiger partial charge in [0.1, 0.15) is 5.82 Å². The van der Waals surface area contributed by atoms with Crippen LogP contribution in [0.2, 0.25) is 0 Å². The third-order valence-corrected chi connectivity index (χ3v) is 5.55. The van der Waals surface area contributed by atoms with Gasteiger partial charge in [0, 0.05) is 37.3 Å². The number of nitrogens with two attached hydrogens (primary N) is 1. The first-order chi connectivity index (χ1) is 15.0. The molecular formula is C23H27N7O. The van der Waals surface area contributed by atoms with Crippen LogP contribution in [0, 0.1) is 18.8 Å². The number of piperidine rings is 1. The van der Waals surface area contributed by atoms with Crippen molar-refractivity contribution in [1.82, 2.24) is 19.7 Å². The minimum absolute atomic E-state index is 0.0841. The highest BCUT2D eigenvalue weighted by Gasteiger charge is 2.28. The first-order valence-corrected chi connectivity index (χ1v) is 10.5. The van der Waals surface area contributed by atoms with Crippen molar-refractivity contribution in [2.75, 3.05) is 29.9 Å². The molecule has 8 heteroatoms. The number of pyridine rings is 1. The number of carbonyl (C=O) groups is 1. The van der Waals surface area contributed by atoms with Gasteiger partial charge in [-0.3, -0.25) is 14.3 Å². The average molecular weight is 418 g/mol. The monoisotopic (exact) mass is 417 g/mol. The lowest BCUT2D eigenvalue weighted by atomic mass is 10.1. The van der Waals surface area contributed by atoms with Gasteiger partial charge in [-0.15, -0.1) is 16.1 Å². The van der Waals surface area contributed by atoms with Crippen LogP contribution in [0.5, 0.6) is 0 Å². The Morgan fingerprint density at radius 2 is 2.13 bits per heavy atom. The highest BCUT2D eigenvalue weighted by atomic mass is 16.2. The molecular weight excluding hydrogens is 390 g/mol. The highest BCUT2D eigenvalue weighted by molar-refractivity contribution is 6.08. The summed E-state index contributed by atoms with van der Waals surface area (Å²) in [6.45, 7) is 5.55. The molecule has 3 aromatic rings. The maximum atomic E-state index is 13.5. The van der Waals surface area contributed by atoms with E-state index in [-0.39, 0.29) is 17.8 Å². The number of fused-ring (bicyclic) bond motifs is 1. The molecule has 160 valence electrons. The molecule has 1 saturated heterocycles. The van der Waals surface area contributed by atoms with E-state index in [0.29, 0.717) is 24.9 Å². The van der Waals surface area contributed by atoms with Gasteiger partial charge in [-0.1, -0.05) is 30.2 Å². The quantitative estimate of drug-likeness (QED) is 0.655. The first-order valence-electron chi connectivity index (χ1n) is 10.5. The highest BCUT2D eigenvalue weighted by Crippen LogP contribution is 2.26. The molecule has 1 aliphatic heterocycles. The molecule has 1 fully saturated rings. The van der Waals surface area contributed by atoms with Crippen molar-refractivity contribution < 1.29 is 4.79 Å². The maximum Gasteiger partial charge on any atom is 0.297 e. The summed E-state index contributed by atoms with van der Waals surface area (Å²) in [6.07, 6.45) is 1.97. The molecule has 4 rings (SSSR count). The molecule has 3 heterocycles. The van der Waals surface area contributed by atoms with Gasteiger partial charge in [-0.05, 0) is 38.1 Å². The summed E-state index contributed by atoms with van der Waals surface area (Å²) < 4.78 is 1.78. The fourth-order valence-corrected chi connectivity index (χ4v) is 4.00. The van der Waals surface area contributed by atoms with Crippen molar-refractivity contribution in [3.8, 4) is 11.8 Å². The van der Waals surface area contributed by atoms with Crippen molar-refractivity contribution in [3.05, 3.63) is 41.9 Å². The standard InChI is InChI=1S/C23H27N7O/c1-4-5-13-30-21(26-27-23(30)29-12-8-10-18(24)15-29)22(31)28(3)20-19-11-7-6-9-17(19)14-16(2)25-20/h6-7,9,11,14,18H,8,10,12-13,15,24H2,1-3H3. The van der Waals surface area contributed by atoms with E-state index in [0.717, 1.165) is 35.9 Å². The van der Waals surface area contributed by atoms with Gasteiger partial charge < -0.3 is 10.6 Å². The maximum absolute atomic E-state index is 13.5. The molecule has 1 atom stereocenters. The summed E-state index contributed by atoms with van der Waals surface area (Å²) in [5, 5.41) is 10.6. The zero-order valence-corrected chi connectivity index (χ0v) is 18.2. The Bertz CT molecular complexity index is 1170. The van der Waals surface area contributed by atoms with E-state index in [1.807, 2.05) is 37.3 Å².